The number of carbonyl (C=O) groups is 2. The summed E-state index contributed by atoms with van der Waals surface area (Å²) >= 11 is 0. The Bertz CT molecular complexity index is 433. The molecule has 22 heavy (non-hydrogen) atoms. The summed E-state index contributed by atoms with van der Waals surface area (Å²) in [4.78, 5) is 23.2. The predicted molar refractivity (Wildman–Crippen MR) is 89.0 cm³/mol. The van der Waals surface area contributed by atoms with Crippen LogP contribution in [0.15, 0.2) is 24.3 Å². The van der Waals surface area contributed by atoms with Crippen molar-refractivity contribution in [3.05, 3.63) is 35.4 Å². The topological polar surface area (TPSA) is 58.2 Å². The fourth-order valence-corrected chi connectivity index (χ4v) is 2.06. The Morgan fingerprint density at radius 1 is 0.773 bits per heavy atom. The minimum absolute atomic E-state index is 0.0834. The van der Waals surface area contributed by atoms with Gasteiger partial charge < -0.3 is 10.6 Å². The first-order chi connectivity index (χ1) is 10.4. The van der Waals surface area contributed by atoms with Crippen molar-refractivity contribution >= 4 is 11.8 Å². The van der Waals surface area contributed by atoms with Gasteiger partial charge in [0.05, 0.1) is 0 Å². The Labute approximate surface area is 133 Å². The van der Waals surface area contributed by atoms with E-state index in [4.69, 9.17) is 0 Å². The number of nitrogens with one attached hydrogen (secondary N) is 2. The molecule has 4 heteroatoms. The predicted octanol–water partition coefficient (Wildman–Crippen LogP) is 3.01. The van der Waals surface area contributed by atoms with Crippen molar-refractivity contribution in [2.75, 3.05) is 0 Å². The highest BCUT2D eigenvalue weighted by Gasteiger charge is 2.05. The van der Waals surface area contributed by atoms with Crippen LogP contribution in [-0.4, -0.2) is 11.8 Å². The van der Waals surface area contributed by atoms with Crippen LogP contribution in [0.25, 0.3) is 0 Å². The summed E-state index contributed by atoms with van der Waals surface area (Å²) in [7, 11) is 0. The highest BCUT2D eigenvalue weighted by atomic mass is 16.2. The van der Waals surface area contributed by atoms with Gasteiger partial charge in [-0.3, -0.25) is 9.59 Å². The average molecular weight is 304 g/mol. The zero-order valence-electron chi connectivity index (χ0n) is 14.1. The lowest BCUT2D eigenvalue weighted by Gasteiger charge is -2.09. The minimum Gasteiger partial charge on any atom is -0.352 e. The van der Waals surface area contributed by atoms with Crippen molar-refractivity contribution in [3.8, 4) is 0 Å². The van der Waals surface area contributed by atoms with Gasteiger partial charge in [-0.25, -0.2) is 0 Å². The van der Waals surface area contributed by atoms with E-state index in [1.54, 1.807) is 0 Å². The van der Waals surface area contributed by atoms with Crippen molar-refractivity contribution in [1.82, 2.24) is 10.6 Å². The van der Waals surface area contributed by atoms with E-state index in [1.165, 1.54) is 0 Å². The molecule has 0 fully saturated rings. The molecule has 0 aliphatic rings. The summed E-state index contributed by atoms with van der Waals surface area (Å²) in [6.45, 7) is 9.21. The van der Waals surface area contributed by atoms with Crippen LogP contribution in [0.2, 0.25) is 0 Å². The van der Waals surface area contributed by atoms with Crippen LogP contribution in [0, 0.1) is 11.8 Å². The number of rotatable bonds is 8. The van der Waals surface area contributed by atoms with Crippen molar-refractivity contribution in [2.24, 2.45) is 11.8 Å². The Morgan fingerprint density at radius 2 is 1.09 bits per heavy atom. The van der Waals surface area contributed by atoms with Crippen molar-refractivity contribution < 1.29 is 9.59 Å². The molecule has 1 aromatic carbocycles. The molecular weight excluding hydrogens is 276 g/mol. The SMILES string of the molecule is CC(C)CC(=O)NCc1ccc(CNC(=O)CC(C)C)cc1. The minimum atomic E-state index is 0.0834. The molecule has 4 nitrogen and oxygen atoms in total. The van der Waals surface area contributed by atoms with Gasteiger partial charge in [-0.15, -0.1) is 0 Å². The van der Waals surface area contributed by atoms with Gasteiger partial charge >= 0.3 is 0 Å². The molecule has 1 aromatic rings. The van der Waals surface area contributed by atoms with Crippen LogP contribution < -0.4 is 10.6 Å². The largest absolute Gasteiger partial charge is 0.352 e. The molecule has 0 heterocycles. The summed E-state index contributed by atoms with van der Waals surface area (Å²) < 4.78 is 0. The van der Waals surface area contributed by atoms with Gasteiger partial charge in [0, 0.05) is 25.9 Å². The third-order valence-corrected chi connectivity index (χ3v) is 3.19. The fraction of sp³-hybridized carbons (Fsp3) is 0.556. The first kappa shape index (κ1) is 18.2. The Hall–Kier alpha value is -1.84. The molecular formula is C18H28N2O2. The summed E-state index contributed by atoms with van der Waals surface area (Å²) in [5.41, 5.74) is 2.13. The third kappa shape index (κ3) is 7.81. The molecule has 0 saturated carbocycles. The standard InChI is InChI=1S/C18H28N2O2/c1-13(2)9-17(21)19-11-15-5-7-16(8-6-15)12-20-18(22)10-14(3)4/h5-8,13-14H,9-12H2,1-4H3,(H,19,21)(H,20,22). The second-order valence-electron chi connectivity index (χ2n) is 6.57. The summed E-state index contributed by atoms with van der Waals surface area (Å²) in [6.07, 6.45) is 1.11. The molecule has 0 spiro atoms. The quantitative estimate of drug-likeness (QED) is 0.775. The van der Waals surface area contributed by atoms with Crippen LogP contribution in [0.3, 0.4) is 0 Å². The van der Waals surface area contributed by atoms with E-state index in [2.05, 4.69) is 10.6 Å². The Balaban J connectivity index is 2.36. The third-order valence-electron chi connectivity index (χ3n) is 3.19. The van der Waals surface area contributed by atoms with Crippen molar-refractivity contribution in [3.63, 3.8) is 0 Å². The zero-order valence-corrected chi connectivity index (χ0v) is 14.1. The smallest absolute Gasteiger partial charge is 0.220 e. The number of hydrogen-bond acceptors (Lipinski definition) is 2. The summed E-state index contributed by atoms with van der Waals surface area (Å²) in [6, 6.07) is 7.94. The second-order valence-corrected chi connectivity index (χ2v) is 6.57. The lowest BCUT2D eigenvalue weighted by Crippen LogP contribution is -2.24. The zero-order chi connectivity index (χ0) is 16.5. The molecule has 122 valence electrons. The van der Waals surface area contributed by atoms with Crippen LogP contribution in [0.4, 0.5) is 0 Å². The molecule has 0 bridgehead atoms. The maximum Gasteiger partial charge on any atom is 0.220 e. The first-order valence-corrected chi connectivity index (χ1v) is 7.98. The maximum atomic E-state index is 11.6. The monoisotopic (exact) mass is 304 g/mol. The molecule has 0 radical (unpaired) electrons. The molecule has 2 amide bonds. The van der Waals surface area contributed by atoms with Crippen LogP contribution in [0.1, 0.15) is 51.7 Å². The van der Waals surface area contributed by atoms with E-state index in [-0.39, 0.29) is 11.8 Å². The highest BCUT2D eigenvalue weighted by Crippen LogP contribution is 2.06. The van der Waals surface area contributed by atoms with Gasteiger partial charge in [-0.2, -0.15) is 0 Å². The highest BCUT2D eigenvalue weighted by molar-refractivity contribution is 5.76. The van der Waals surface area contributed by atoms with Gasteiger partial charge in [0.15, 0.2) is 0 Å². The van der Waals surface area contributed by atoms with Gasteiger partial charge in [0.2, 0.25) is 11.8 Å². The molecule has 0 unspecified atom stereocenters. The van der Waals surface area contributed by atoms with Gasteiger partial charge in [0.1, 0.15) is 0 Å². The van der Waals surface area contributed by atoms with E-state index in [0.717, 1.165) is 11.1 Å². The fourth-order valence-electron chi connectivity index (χ4n) is 2.06. The van der Waals surface area contributed by atoms with E-state index >= 15 is 0 Å². The average Bonchev–Trinajstić information content (AvgIpc) is 2.42. The van der Waals surface area contributed by atoms with Gasteiger partial charge in [-0.05, 0) is 23.0 Å². The molecule has 0 aromatic heterocycles. The molecule has 0 aliphatic heterocycles. The maximum absolute atomic E-state index is 11.6. The summed E-state index contributed by atoms with van der Waals surface area (Å²) in [5.74, 6) is 0.911. The lowest BCUT2D eigenvalue weighted by molar-refractivity contribution is -0.122. The lowest BCUT2D eigenvalue weighted by atomic mass is 10.1. The Kier molecular flexibility index (Phi) is 7.64. The summed E-state index contributed by atoms with van der Waals surface area (Å²) in [5, 5.41) is 5.83. The molecule has 1 rings (SSSR count). The van der Waals surface area contributed by atoms with Crippen molar-refractivity contribution in [2.45, 2.75) is 53.6 Å². The second kappa shape index (κ2) is 9.23. The van der Waals surface area contributed by atoms with Crippen LogP contribution in [-0.2, 0) is 22.7 Å². The van der Waals surface area contributed by atoms with Gasteiger partial charge in [-0.1, -0.05) is 52.0 Å². The van der Waals surface area contributed by atoms with Crippen LogP contribution >= 0.6 is 0 Å². The molecule has 0 aliphatic carbocycles. The van der Waals surface area contributed by atoms with E-state index in [0.29, 0.717) is 37.8 Å². The van der Waals surface area contributed by atoms with E-state index in [9.17, 15) is 9.59 Å². The molecule has 0 saturated heterocycles. The number of carbonyl (C=O) groups excluding carboxylic acids is 2. The first-order valence-electron chi connectivity index (χ1n) is 7.98. The van der Waals surface area contributed by atoms with Gasteiger partial charge in [0.25, 0.3) is 0 Å². The normalized spacial score (nSPS) is 10.8. The number of hydrogen-bond donors (Lipinski definition) is 2. The molecule has 0 atom stereocenters. The Morgan fingerprint density at radius 3 is 1.36 bits per heavy atom. The van der Waals surface area contributed by atoms with Crippen LogP contribution in [0.5, 0.6) is 0 Å². The van der Waals surface area contributed by atoms with E-state index in [1.807, 2.05) is 52.0 Å². The number of benzene rings is 1. The molecule has 2 N–H and O–H groups in total. The van der Waals surface area contributed by atoms with Crippen molar-refractivity contribution in [1.29, 1.82) is 0 Å². The number of amides is 2. The van der Waals surface area contributed by atoms with E-state index < -0.39 is 0 Å².